The number of hydrogen-bond donors (Lipinski definition) is 1. The maximum absolute atomic E-state index is 11.7. The molecule has 0 atom stereocenters. The van der Waals surface area contributed by atoms with E-state index in [2.05, 4.69) is 27.6 Å². The number of carbonyl (C=O) groups is 1. The third kappa shape index (κ3) is 2.04. The van der Waals surface area contributed by atoms with Crippen LogP contribution in [0.2, 0.25) is 0 Å². The van der Waals surface area contributed by atoms with Gasteiger partial charge in [0.2, 0.25) is 0 Å². The number of halogens is 1. The number of ether oxygens (including phenoxy) is 1. The molecule has 0 aliphatic heterocycles. The summed E-state index contributed by atoms with van der Waals surface area (Å²) >= 11 is 2.26. The Labute approximate surface area is 103 Å². The molecule has 1 aromatic rings. The smallest absolute Gasteiger partial charge is 0.355 e. The van der Waals surface area contributed by atoms with E-state index >= 15 is 0 Å². The van der Waals surface area contributed by atoms with E-state index in [-0.39, 0.29) is 5.97 Å². The minimum Gasteiger partial charge on any atom is -0.461 e. The topological polar surface area (TPSA) is 42.1 Å². The Morgan fingerprint density at radius 1 is 1.40 bits per heavy atom. The second-order valence-corrected chi connectivity index (χ2v) is 4.78. The average molecular weight is 319 g/mol. The molecule has 0 radical (unpaired) electrons. The summed E-state index contributed by atoms with van der Waals surface area (Å²) in [5, 5.41) is 0. The Morgan fingerprint density at radius 3 is 2.73 bits per heavy atom. The predicted octanol–water partition coefficient (Wildman–Crippen LogP) is 2.67. The van der Waals surface area contributed by atoms with Gasteiger partial charge in [-0.15, -0.1) is 0 Å². The first-order valence-corrected chi connectivity index (χ1v) is 6.38. The first-order valence-electron chi connectivity index (χ1n) is 5.30. The predicted molar refractivity (Wildman–Crippen MR) is 66.1 cm³/mol. The fraction of sp³-hybridized carbons (Fsp3) is 0.545. The van der Waals surface area contributed by atoms with Crippen molar-refractivity contribution in [3.8, 4) is 0 Å². The lowest BCUT2D eigenvalue weighted by Gasteiger charge is -2.12. The summed E-state index contributed by atoms with van der Waals surface area (Å²) in [5.41, 5.74) is 3.19. The van der Waals surface area contributed by atoms with E-state index in [0.29, 0.717) is 12.3 Å². The fourth-order valence-electron chi connectivity index (χ4n) is 2.06. The number of H-pyrrole nitrogens is 1. The largest absolute Gasteiger partial charge is 0.461 e. The Balaban J connectivity index is 2.35. The Morgan fingerprint density at radius 2 is 2.07 bits per heavy atom. The van der Waals surface area contributed by atoms with Crippen LogP contribution >= 0.6 is 22.6 Å². The molecule has 1 aromatic heterocycles. The standard InChI is InChI=1S/C11H14INO2/c1-2-15-11(14)9-7-5-3-4-6-8(7)10(12)13-9/h13H,2-6H2,1H3. The number of fused-ring (bicyclic) bond motifs is 1. The van der Waals surface area contributed by atoms with E-state index in [4.69, 9.17) is 4.74 Å². The van der Waals surface area contributed by atoms with Gasteiger partial charge in [-0.05, 0) is 66.3 Å². The zero-order chi connectivity index (χ0) is 10.8. The second kappa shape index (κ2) is 4.55. The lowest BCUT2D eigenvalue weighted by atomic mass is 9.94. The number of aromatic nitrogens is 1. The highest BCUT2D eigenvalue weighted by Gasteiger charge is 2.23. The third-order valence-electron chi connectivity index (χ3n) is 2.75. The maximum atomic E-state index is 11.7. The van der Waals surface area contributed by atoms with Gasteiger partial charge in [0.25, 0.3) is 0 Å². The molecular weight excluding hydrogens is 305 g/mol. The van der Waals surface area contributed by atoms with Crippen LogP contribution in [0.15, 0.2) is 0 Å². The van der Waals surface area contributed by atoms with Crippen LogP contribution in [0.1, 0.15) is 41.4 Å². The van der Waals surface area contributed by atoms with Crippen molar-refractivity contribution >= 4 is 28.6 Å². The number of rotatable bonds is 2. The van der Waals surface area contributed by atoms with E-state index in [1.807, 2.05) is 6.92 Å². The molecule has 0 unspecified atom stereocenters. The zero-order valence-electron chi connectivity index (χ0n) is 8.73. The number of aromatic amines is 1. The first kappa shape index (κ1) is 11.0. The van der Waals surface area contributed by atoms with Crippen LogP contribution in [0.4, 0.5) is 0 Å². The second-order valence-electron chi connectivity index (χ2n) is 3.70. The summed E-state index contributed by atoms with van der Waals surface area (Å²) in [6.07, 6.45) is 4.49. The monoisotopic (exact) mass is 319 g/mol. The van der Waals surface area contributed by atoms with Gasteiger partial charge in [-0.2, -0.15) is 0 Å². The lowest BCUT2D eigenvalue weighted by Crippen LogP contribution is -2.10. The molecule has 3 nitrogen and oxygen atoms in total. The van der Waals surface area contributed by atoms with Crippen molar-refractivity contribution < 1.29 is 9.53 Å². The average Bonchev–Trinajstić information content (AvgIpc) is 2.58. The molecule has 4 heteroatoms. The minimum absolute atomic E-state index is 0.210. The molecule has 0 saturated carbocycles. The Kier molecular flexibility index (Phi) is 3.33. The molecule has 0 amide bonds. The molecule has 15 heavy (non-hydrogen) atoms. The SMILES string of the molecule is CCOC(=O)c1[nH]c(I)c2c1CCCC2. The van der Waals surface area contributed by atoms with E-state index in [9.17, 15) is 4.79 Å². The minimum atomic E-state index is -0.210. The number of nitrogens with one attached hydrogen (secondary N) is 1. The van der Waals surface area contributed by atoms with Crippen LogP contribution in [0.25, 0.3) is 0 Å². The van der Waals surface area contributed by atoms with Crippen LogP contribution in [-0.2, 0) is 17.6 Å². The van der Waals surface area contributed by atoms with Crippen molar-refractivity contribution in [1.82, 2.24) is 4.98 Å². The maximum Gasteiger partial charge on any atom is 0.355 e. The molecule has 0 saturated heterocycles. The highest BCUT2D eigenvalue weighted by Crippen LogP contribution is 2.28. The normalized spacial score (nSPS) is 14.8. The van der Waals surface area contributed by atoms with E-state index in [1.54, 1.807) is 0 Å². The van der Waals surface area contributed by atoms with Gasteiger partial charge >= 0.3 is 5.97 Å². The number of hydrogen-bond acceptors (Lipinski definition) is 2. The van der Waals surface area contributed by atoms with Gasteiger partial charge in [0.15, 0.2) is 0 Å². The molecule has 1 N–H and O–H groups in total. The van der Waals surface area contributed by atoms with Crippen LogP contribution in [0.5, 0.6) is 0 Å². The van der Waals surface area contributed by atoms with E-state index in [1.165, 1.54) is 24.0 Å². The summed E-state index contributed by atoms with van der Waals surface area (Å²) in [4.78, 5) is 14.8. The molecule has 2 rings (SSSR count). The summed E-state index contributed by atoms with van der Waals surface area (Å²) in [6.45, 7) is 2.27. The van der Waals surface area contributed by atoms with Crippen molar-refractivity contribution in [3.05, 3.63) is 20.5 Å². The highest BCUT2D eigenvalue weighted by atomic mass is 127. The van der Waals surface area contributed by atoms with Crippen molar-refractivity contribution in [2.24, 2.45) is 0 Å². The summed E-state index contributed by atoms with van der Waals surface area (Å²) in [6, 6.07) is 0. The molecule has 1 aliphatic rings. The van der Waals surface area contributed by atoms with Gasteiger partial charge in [-0.1, -0.05) is 0 Å². The van der Waals surface area contributed by atoms with Crippen LogP contribution in [0.3, 0.4) is 0 Å². The van der Waals surface area contributed by atoms with Gasteiger partial charge in [0, 0.05) is 0 Å². The van der Waals surface area contributed by atoms with E-state index < -0.39 is 0 Å². The molecule has 0 bridgehead atoms. The van der Waals surface area contributed by atoms with Crippen LogP contribution < -0.4 is 0 Å². The van der Waals surface area contributed by atoms with Gasteiger partial charge in [-0.3, -0.25) is 0 Å². The lowest BCUT2D eigenvalue weighted by molar-refractivity contribution is 0.0518. The van der Waals surface area contributed by atoms with Gasteiger partial charge in [0.05, 0.1) is 10.3 Å². The number of carbonyl (C=O) groups excluding carboxylic acids is 1. The zero-order valence-corrected chi connectivity index (χ0v) is 10.9. The fourth-order valence-corrected chi connectivity index (χ4v) is 2.93. The first-order chi connectivity index (χ1) is 7.24. The van der Waals surface area contributed by atoms with Crippen molar-refractivity contribution in [2.45, 2.75) is 32.6 Å². The summed E-state index contributed by atoms with van der Waals surface area (Å²) in [5.74, 6) is -0.210. The van der Waals surface area contributed by atoms with Crippen LogP contribution in [-0.4, -0.2) is 17.6 Å². The molecule has 82 valence electrons. The van der Waals surface area contributed by atoms with Gasteiger partial charge in [-0.25, -0.2) is 4.79 Å². The number of esters is 1. The molecule has 1 heterocycles. The quantitative estimate of drug-likeness (QED) is 0.673. The molecular formula is C11H14INO2. The van der Waals surface area contributed by atoms with Gasteiger partial charge in [0.1, 0.15) is 5.69 Å². The van der Waals surface area contributed by atoms with Crippen molar-refractivity contribution in [1.29, 1.82) is 0 Å². The molecule has 0 spiro atoms. The van der Waals surface area contributed by atoms with Gasteiger partial charge < -0.3 is 9.72 Å². The third-order valence-corrected chi connectivity index (χ3v) is 3.67. The van der Waals surface area contributed by atoms with Crippen molar-refractivity contribution in [2.75, 3.05) is 6.61 Å². The summed E-state index contributed by atoms with van der Waals surface area (Å²) < 4.78 is 6.14. The molecule has 1 aliphatic carbocycles. The summed E-state index contributed by atoms with van der Waals surface area (Å²) in [7, 11) is 0. The highest BCUT2D eigenvalue weighted by molar-refractivity contribution is 14.1. The molecule has 0 fully saturated rings. The Bertz CT molecular complexity index is 384. The van der Waals surface area contributed by atoms with E-state index in [0.717, 1.165) is 16.5 Å². The molecule has 0 aromatic carbocycles. The Hall–Kier alpha value is -0.520. The van der Waals surface area contributed by atoms with Crippen LogP contribution in [0, 0.1) is 3.70 Å². The van der Waals surface area contributed by atoms with Crippen molar-refractivity contribution in [3.63, 3.8) is 0 Å².